The minimum absolute atomic E-state index is 0.308. The van der Waals surface area contributed by atoms with E-state index < -0.39 is 0 Å². The van der Waals surface area contributed by atoms with Crippen molar-refractivity contribution >= 4 is 11.6 Å². The van der Waals surface area contributed by atoms with Crippen molar-refractivity contribution in [3.05, 3.63) is 34.4 Å². The highest BCUT2D eigenvalue weighted by Gasteiger charge is 2.21. The minimum atomic E-state index is -0.308. The third kappa shape index (κ3) is 2.28. The molecule has 5 nitrogen and oxygen atoms in total. The second kappa shape index (κ2) is 5.12. The van der Waals surface area contributed by atoms with Crippen molar-refractivity contribution in [3.8, 4) is 0 Å². The first-order valence-corrected chi connectivity index (χ1v) is 6.39. The molecule has 0 aliphatic heterocycles. The van der Waals surface area contributed by atoms with Crippen molar-refractivity contribution in [1.29, 1.82) is 0 Å². The monoisotopic (exact) mass is 267 g/mol. The zero-order valence-electron chi connectivity index (χ0n) is 10.9. The molecular formula is C12H18ClN5. The predicted molar refractivity (Wildman–Crippen MR) is 71.5 cm³/mol. The van der Waals surface area contributed by atoms with Crippen LogP contribution in [-0.4, -0.2) is 19.6 Å². The first-order valence-electron chi connectivity index (χ1n) is 6.02. The summed E-state index contributed by atoms with van der Waals surface area (Å²) in [5, 5.41) is 9.18. The van der Waals surface area contributed by atoms with Crippen LogP contribution in [0.3, 0.4) is 0 Å². The molecule has 0 bridgehead atoms. The van der Waals surface area contributed by atoms with Crippen LogP contribution in [0.5, 0.6) is 0 Å². The fraction of sp³-hybridized carbons (Fsp3) is 0.500. The summed E-state index contributed by atoms with van der Waals surface area (Å²) in [4.78, 5) is 0. The quantitative estimate of drug-likeness (QED) is 0.922. The van der Waals surface area contributed by atoms with Crippen LogP contribution in [0.15, 0.2) is 12.3 Å². The first-order chi connectivity index (χ1) is 8.54. The van der Waals surface area contributed by atoms with Gasteiger partial charge in [-0.2, -0.15) is 10.2 Å². The summed E-state index contributed by atoms with van der Waals surface area (Å²) < 4.78 is 3.66. The molecule has 0 saturated heterocycles. The van der Waals surface area contributed by atoms with Crippen molar-refractivity contribution in [1.82, 2.24) is 19.6 Å². The average molecular weight is 268 g/mol. The summed E-state index contributed by atoms with van der Waals surface area (Å²) in [5.74, 6) is 0. The number of halogens is 1. The zero-order chi connectivity index (χ0) is 13.3. The number of aryl methyl sites for hydroxylation is 3. The van der Waals surface area contributed by atoms with Gasteiger partial charge in [-0.05, 0) is 19.4 Å². The highest BCUT2D eigenvalue weighted by Crippen LogP contribution is 2.26. The third-order valence-electron chi connectivity index (χ3n) is 2.92. The molecule has 0 radical (unpaired) electrons. The fourth-order valence-electron chi connectivity index (χ4n) is 2.13. The number of rotatable bonds is 4. The molecule has 2 rings (SSSR count). The number of nitrogens with zero attached hydrogens (tertiary/aromatic N) is 4. The third-order valence-corrected chi connectivity index (χ3v) is 3.21. The highest BCUT2D eigenvalue weighted by molar-refractivity contribution is 6.31. The lowest BCUT2D eigenvalue weighted by Crippen LogP contribution is -2.20. The van der Waals surface area contributed by atoms with Crippen LogP contribution in [0.4, 0.5) is 0 Å². The Kier molecular flexibility index (Phi) is 3.73. The summed E-state index contributed by atoms with van der Waals surface area (Å²) in [7, 11) is 1.89. The average Bonchev–Trinajstić information content (AvgIpc) is 2.82. The van der Waals surface area contributed by atoms with Crippen molar-refractivity contribution < 1.29 is 0 Å². The molecule has 0 amide bonds. The van der Waals surface area contributed by atoms with E-state index in [1.807, 2.05) is 24.7 Å². The van der Waals surface area contributed by atoms with Crippen LogP contribution in [-0.2, 0) is 13.6 Å². The standard InChI is InChI=1S/C12H18ClN5/c1-4-5-18-12(9(13)7-15-18)11(14)10-6-8(2)16-17(10)3/h6-7,11H,4-5,14H2,1-3H3. The van der Waals surface area contributed by atoms with Gasteiger partial charge in [0.15, 0.2) is 0 Å². The van der Waals surface area contributed by atoms with E-state index in [0.29, 0.717) is 5.02 Å². The number of hydrogen-bond donors (Lipinski definition) is 1. The van der Waals surface area contributed by atoms with Gasteiger partial charge in [-0.3, -0.25) is 9.36 Å². The molecule has 0 spiro atoms. The Morgan fingerprint density at radius 2 is 2.22 bits per heavy atom. The van der Waals surface area contributed by atoms with E-state index in [1.165, 1.54) is 0 Å². The number of nitrogens with two attached hydrogens (primary N) is 1. The summed E-state index contributed by atoms with van der Waals surface area (Å²) in [5.41, 5.74) is 9.03. The normalized spacial score (nSPS) is 12.9. The number of aromatic nitrogens is 4. The number of hydrogen-bond acceptors (Lipinski definition) is 3. The Bertz CT molecular complexity index is 543. The predicted octanol–water partition coefficient (Wildman–Crippen LogP) is 2.04. The van der Waals surface area contributed by atoms with Gasteiger partial charge in [0.05, 0.1) is 34.3 Å². The Balaban J connectivity index is 2.42. The lowest BCUT2D eigenvalue weighted by molar-refractivity contribution is 0.547. The van der Waals surface area contributed by atoms with Gasteiger partial charge < -0.3 is 5.73 Å². The van der Waals surface area contributed by atoms with E-state index in [9.17, 15) is 0 Å². The van der Waals surface area contributed by atoms with Gasteiger partial charge in [-0.1, -0.05) is 18.5 Å². The molecule has 2 aromatic rings. The molecule has 0 aromatic carbocycles. The molecule has 98 valence electrons. The Labute approximate surface area is 112 Å². The van der Waals surface area contributed by atoms with E-state index in [-0.39, 0.29) is 6.04 Å². The van der Waals surface area contributed by atoms with Gasteiger partial charge in [0.1, 0.15) is 0 Å². The largest absolute Gasteiger partial charge is 0.318 e. The van der Waals surface area contributed by atoms with Crippen LogP contribution in [0.1, 0.15) is 36.5 Å². The van der Waals surface area contributed by atoms with Gasteiger partial charge in [-0.15, -0.1) is 0 Å². The minimum Gasteiger partial charge on any atom is -0.318 e. The highest BCUT2D eigenvalue weighted by atomic mass is 35.5. The maximum Gasteiger partial charge on any atom is 0.0909 e. The molecule has 2 aromatic heterocycles. The molecule has 6 heteroatoms. The van der Waals surface area contributed by atoms with E-state index in [1.54, 1.807) is 10.9 Å². The van der Waals surface area contributed by atoms with E-state index >= 15 is 0 Å². The lowest BCUT2D eigenvalue weighted by atomic mass is 10.1. The Hall–Kier alpha value is -1.33. The molecule has 0 saturated carbocycles. The molecule has 2 heterocycles. The second-order valence-corrected chi connectivity index (χ2v) is 4.82. The van der Waals surface area contributed by atoms with Crippen LogP contribution < -0.4 is 5.73 Å². The van der Waals surface area contributed by atoms with Gasteiger partial charge >= 0.3 is 0 Å². The molecule has 18 heavy (non-hydrogen) atoms. The molecule has 0 aliphatic carbocycles. The molecule has 1 unspecified atom stereocenters. The van der Waals surface area contributed by atoms with Crippen molar-refractivity contribution in [2.75, 3.05) is 0 Å². The van der Waals surface area contributed by atoms with Crippen LogP contribution in [0.2, 0.25) is 5.02 Å². The Morgan fingerprint density at radius 1 is 1.50 bits per heavy atom. The molecule has 0 aliphatic rings. The molecule has 0 fully saturated rings. The maximum absolute atomic E-state index is 6.30. The maximum atomic E-state index is 6.30. The SMILES string of the molecule is CCCn1ncc(Cl)c1C(N)c1cc(C)nn1C. The van der Waals surface area contributed by atoms with Crippen molar-refractivity contribution in [3.63, 3.8) is 0 Å². The summed E-state index contributed by atoms with van der Waals surface area (Å²) in [6.45, 7) is 4.85. The smallest absolute Gasteiger partial charge is 0.0909 e. The Morgan fingerprint density at radius 3 is 2.78 bits per heavy atom. The van der Waals surface area contributed by atoms with E-state index in [4.69, 9.17) is 17.3 Å². The molecule has 2 N–H and O–H groups in total. The van der Waals surface area contributed by atoms with E-state index in [0.717, 1.165) is 30.0 Å². The summed E-state index contributed by atoms with van der Waals surface area (Å²) >= 11 is 6.19. The molecule has 1 atom stereocenters. The van der Waals surface area contributed by atoms with Gasteiger partial charge in [0, 0.05) is 13.6 Å². The van der Waals surface area contributed by atoms with Gasteiger partial charge in [0.25, 0.3) is 0 Å². The first kappa shape index (κ1) is 13.1. The van der Waals surface area contributed by atoms with Crippen LogP contribution >= 0.6 is 11.6 Å². The topological polar surface area (TPSA) is 61.7 Å². The lowest BCUT2D eigenvalue weighted by Gasteiger charge is -2.15. The zero-order valence-corrected chi connectivity index (χ0v) is 11.6. The van der Waals surface area contributed by atoms with Crippen LogP contribution in [0.25, 0.3) is 0 Å². The summed E-state index contributed by atoms with van der Waals surface area (Å²) in [6.07, 6.45) is 2.64. The summed E-state index contributed by atoms with van der Waals surface area (Å²) in [6, 6.07) is 1.67. The van der Waals surface area contributed by atoms with Crippen LogP contribution in [0, 0.1) is 6.92 Å². The fourth-order valence-corrected chi connectivity index (χ4v) is 2.39. The second-order valence-electron chi connectivity index (χ2n) is 4.41. The molecular weight excluding hydrogens is 250 g/mol. The van der Waals surface area contributed by atoms with E-state index in [2.05, 4.69) is 17.1 Å². The van der Waals surface area contributed by atoms with Crippen molar-refractivity contribution in [2.24, 2.45) is 12.8 Å². The van der Waals surface area contributed by atoms with Gasteiger partial charge in [-0.25, -0.2) is 0 Å². The van der Waals surface area contributed by atoms with Crippen molar-refractivity contribution in [2.45, 2.75) is 32.9 Å². The van der Waals surface area contributed by atoms with Gasteiger partial charge in [0.2, 0.25) is 0 Å².